The van der Waals surface area contributed by atoms with Gasteiger partial charge in [0.15, 0.2) is 0 Å². The van der Waals surface area contributed by atoms with Gasteiger partial charge < -0.3 is 14.3 Å². The summed E-state index contributed by atoms with van der Waals surface area (Å²) in [4.78, 5) is 21.2. The normalized spacial score (nSPS) is 14.3. The second kappa shape index (κ2) is 8.00. The van der Waals surface area contributed by atoms with Crippen molar-refractivity contribution in [2.24, 2.45) is 0 Å². The summed E-state index contributed by atoms with van der Waals surface area (Å²) >= 11 is 12.4. The number of carbonyl (C=O) groups is 1. The first-order valence-corrected chi connectivity index (χ1v) is 9.78. The van der Waals surface area contributed by atoms with Crippen LogP contribution in [0.25, 0.3) is 11.3 Å². The minimum atomic E-state index is -0.561. The standard InChI is InChI=1S/C20H17Cl2FN4O2/c1-12-16(18(25-29-12)17-13(21)4-2-6-15(17)23)20(28)27-10-8-26(9-11-27)19-14(22)5-3-7-24-19/h2-7H,8-11H2,1H3. The molecule has 29 heavy (non-hydrogen) atoms. The maximum atomic E-state index is 14.4. The van der Waals surface area contributed by atoms with Crippen molar-refractivity contribution in [3.63, 3.8) is 0 Å². The Hall–Kier alpha value is -2.64. The first-order chi connectivity index (χ1) is 14.0. The largest absolute Gasteiger partial charge is 0.360 e. The summed E-state index contributed by atoms with van der Waals surface area (Å²) in [5.74, 6) is 0.181. The van der Waals surface area contributed by atoms with E-state index in [0.717, 1.165) is 0 Å². The fraction of sp³-hybridized carbons (Fsp3) is 0.250. The number of aromatic nitrogens is 2. The lowest BCUT2D eigenvalue weighted by atomic mass is 10.0. The van der Waals surface area contributed by atoms with E-state index in [1.807, 2.05) is 4.90 Å². The second-order valence-electron chi connectivity index (χ2n) is 6.65. The van der Waals surface area contributed by atoms with E-state index in [1.54, 1.807) is 36.2 Å². The fourth-order valence-corrected chi connectivity index (χ4v) is 3.90. The maximum absolute atomic E-state index is 14.4. The number of amides is 1. The summed E-state index contributed by atoms with van der Waals surface area (Å²) < 4.78 is 19.6. The van der Waals surface area contributed by atoms with Gasteiger partial charge in [-0.1, -0.05) is 34.4 Å². The van der Waals surface area contributed by atoms with E-state index in [1.165, 1.54) is 12.1 Å². The summed E-state index contributed by atoms with van der Waals surface area (Å²) in [5, 5.41) is 4.65. The van der Waals surface area contributed by atoms with Crippen molar-refractivity contribution in [1.29, 1.82) is 0 Å². The zero-order valence-electron chi connectivity index (χ0n) is 15.5. The first kappa shape index (κ1) is 19.7. The molecule has 1 saturated heterocycles. The highest BCUT2D eigenvalue weighted by Gasteiger charge is 2.31. The number of rotatable bonds is 3. The number of hydrogen-bond donors (Lipinski definition) is 0. The Kier molecular flexibility index (Phi) is 5.43. The van der Waals surface area contributed by atoms with E-state index in [9.17, 15) is 9.18 Å². The summed E-state index contributed by atoms with van der Waals surface area (Å²) in [6.45, 7) is 3.69. The van der Waals surface area contributed by atoms with Gasteiger partial charge >= 0.3 is 0 Å². The third kappa shape index (κ3) is 3.68. The van der Waals surface area contributed by atoms with E-state index in [0.29, 0.717) is 42.8 Å². The highest BCUT2D eigenvalue weighted by molar-refractivity contribution is 6.33. The Morgan fingerprint density at radius 2 is 1.83 bits per heavy atom. The molecule has 0 bridgehead atoms. The van der Waals surface area contributed by atoms with E-state index in [2.05, 4.69) is 10.1 Å². The van der Waals surface area contributed by atoms with Crippen molar-refractivity contribution in [1.82, 2.24) is 15.0 Å². The van der Waals surface area contributed by atoms with Crippen LogP contribution in [0, 0.1) is 12.7 Å². The molecule has 1 amide bonds. The molecular weight excluding hydrogens is 418 g/mol. The molecule has 0 aliphatic carbocycles. The molecule has 1 aliphatic heterocycles. The molecule has 150 valence electrons. The molecule has 0 saturated carbocycles. The number of halogens is 3. The lowest BCUT2D eigenvalue weighted by molar-refractivity contribution is 0.0745. The molecule has 3 heterocycles. The van der Waals surface area contributed by atoms with Crippen molar-refractivity contribution in [2.75, 3.05) is 31.1 Å². The highest BCUT2D eigenvalue weighted by Crippen LogP contribution is 2.34. The minimum Gasteiger partial charge on any atom is -0.360 e. The van der Waals surface area contributed by atoms with Crippen molar-refractivity contribution in [2.45, 2.75) is 6.92 Å². The molecule has 6 nitrogen and oxygen atoms in total. The zero-order valence-corrected chi connectivity index (χ0v) is 17.0. The van der Waals surface area contributed by atoms with Gasteiger partial charge in [-0.2, -0.15) is 0 Å². The summed E-state index contributed by atoms with van der Waals surface area (Å²) in [5.41, 5.74) is 0.403. The molecule has 0 radical (unpaired) electrons. The van der Waals surface area contributed by atoms with Gasteiger partial charge in [0, 0.05) is 32.4 Å². The van der Waals surface area contributed by atoms with Gasteiger partial charge in [0.05, 0.1) is 15.6 Å². The number of anilines is 1. The summed E-state index contributed by atoms with van der Waals surface area (Å²) in [6, 6.07) is 7.88. The highest BCUT2D eigenvalue weighted by atomic mass is 35.5. The molecule has 2 aromatic heterocycles. The zero-order chi connectivity index (χ0) is 20.5. The molecule has 1 aliphatic rings. The van der Waals surface area contributed by atoms with Gasteiger partial charge in [-0.05, 0) is 31.2 Å². The van der Waals surface area contributed by atoms with E-state index < -0.39 is 5.82 Å². The van der Waals surface area contributed by atoms with Crippen LogP contribution < -0.4 is 4.90 Å². The number of aryl methyl sites for hydroxylation is 1. The summed E-state index contributed by atoms with van der Waals surface area (Å²) in [6.07, 6.45) is 1.68. The smallest absolute Gasteiger partial charge is 0.259 e. The molecule has 4 rings (SSSR count). The Bertz CT molecular complexity index is 1040. The van der Waals surface area contributed by atoms with Crippen molar-refractivity contribution >= 4 is 34.9 Å². The van der Waals surface area contributed by atoms with Crippen molar-refractivity contribution < 1.29 is 13.7 Å². The average Bonchev–Trinajstić information content (AvgIpc) is 3.09. The van der Waals surface area contributed by atoms with Gasteiger partial charge in [0.1, 0.15) is 28.7 Å². The Labute approximate surface area is 176 Å². The van der Waals surface area contributed by atoms with Crippen LogP contribution in [0.2, 0.25) is 10.0 Å². The van der Waals surface area contributed by atoms with E-state index >= 15 is 0 Å². The van der Waals surface area contributed by atoms with Crippen LogP contribution in [0.1, 0.15) is 16.1 Å². The van der Waals surface area contributed by atoms with Crippen LogP contribution in [0.5, 0.6) is 0 Å². The van der Waals surface area contributed by atoms with Gasteiger partial charge in [0.25, 0.3) is 5.91 Å². The maximum Gasteiger partial charge on any atom is 0.259 e. The van der Waals surface area contributed by atoms with Crippen molar-refractivity contribution in [3.05, 3.63) is 63.7 Å². The predicted molar refractivity (Wildman–Crippen MR) is 109 cm³/mol. The van der Waals surface area contributed by atoms with Crippen LogP contribution in [0.3, 0.4) is 0 Å². The first-order valence-electron chi connectivity index (χ1n) is 9.02. The van der Waals surface area contributed by atoms with Gasteiger partial charge in [-0.25, -0.2) is 9.37 Å². The third-order valence-corrected chi connectivity index (χ3v) is 5.49. The number of carbonyl (C=O) groups excluding carboxylic acids is 1. The Morgan fingerprint density at radius 1 is 1.10 bits per heavy atom. The SMILES string of the molecule is Cc1onc(-c2c(F)cccc2Cl)c1C(=O)N1CCN(c2ncccc2Cl)CC1. The van der Waals surface area contributed by atoms with Crippen molar-refractivity contribution in [3.8, 4) is 11.3 Å². The van der Waals surface area contributed by atoms with E-state index in [-0.39, 0.29) is 27.8 Å². The monoisotopic (exact) mass is 434 g/mol. The van der Waals surface area contributed by atoms with Crippen LogP contribution in [0.15, 0.2) is 41.1 Å². The molecular formula is C20H17Cl2FN4O2. The number of nitrogens with zero attached hydrogens (tertiary/aromatic N) is 4. The third-order valence-electron chi connectivity index (χ3n) is 4.88. The fourth-order valence-electron chi connectivity index (χ4n) is 3.41. The lowest BCUT2D eigenvalue weighted by Crippen LogP contribution is -2.49. The summed E-state index contributed by atoms with van der Waals surface area (Å²) in [7, 11) is 0. The molecule has 1 aromatic carbocycles. The minimum absolute atomic E-state index is 0.0632. The molecule has 0 spiro atoms. The van der Waals surface area contributed by atoms with Crippen LogP contribution in [-0.2, 0) is 0 Å². The molecule has 0 atom stereocenters. The van der Waals surface area contributed by atoms with E-state index in [4.69, 9.17) is 27.7 Å². The van der Waals surface area contributed by atoms with Crippen LogP contribution in [0.4, 0.5) is 10.2 Å². The number of piperazine rings is 1. The predicted octanol–water partition coefficient (Wildman–Crippen LogP) is 4.45. The molecule has 1 fully saturated rings. The molecule has 0 N–H and O–H groups in total. The quantitative estimate of drug-likeness (QED) is 0.608. The molecule has 3 aromatic rings. The number of benzene rings is 1. The van der Waals surface area contributed by atoms with Crippen LogP contribution in [-0.4, -0.2) is 47.1 Å². The van der Waals surface area contributed by atoms with Crippen LogP contribution >= 0.6 is 23.2 Å². The molecule has 9 heteroatoms. The Balaban J connectivity index is 1.58. The second-order valence-corrected chi connectivity index (χ2v) is 7.46. The molecule has 0 unspecified atom stereocenters. The number of pyridine rings is 1. The van der Waals surface area contributed by atoms with Gasteiger partial charge in [0.2, 0.25) is 0 Å². The number of hydrogen-bond acceptors (Lipinski definition) is 5. The topological polar surface area (TPSA) is 62.5 Å². The van der Waals surface area contributed by atoms with Gasteiger partial charge in [-0.15, -0.1) is 0 Å². The lowest BCUT2D eigenvalue weighted by Gasteiger charge is -2.35. The Morgan fingerprint density at radius 3 is 2.52 bits per heavy atom. The average molecular weight is 435 g/mol. The van der Waals surface area contributed by atoms with Gasteiger partial charge in [-0.3, -0.25) is 4.79 Å².